The Bertz CT molecular complexity index is 866. The molecule has 10 heteroatoms. The lowest BCUT2D eigenvalue weighted by Gasteiger charge is -2.26. The predicted molar refractivity (Wildman–Crippen MR) is 96.2 cm³/mol. The minimum Gasteiger partial charge on any atom is -0.379 e. The van der Waals surface area contributed by atoms with Crippen molar-refractivity contribution in [2.45, 2.75) is 37.6 Å². The van der Waals surface area contributed by atoms with Gasteiger partial charge in [0.2, 0.25) is 15.9 Å². The Balaban J connectivity index is 1.70. The zero-order valence-electron chi connectivity index (χ0n) is 15.1. The largest absolute Gasteiger partial charge is 0.379 e. The van der Waals surface area contributed by atoms with Crippen molar-refractivity contribution in [3.63, 3.8) is 0 Å². The van der Waals surface area contributed by atoms with E-state index in [0.717, 1.165) is 25.3 Å². The number of anilines is 1. The molecular weight excluding hydrogens is 375 g/mol. The zero-order chi connectivity index (χ0) is 19.3. The molecule has 2 heterocycles. The molecule has 1 fully saturated rings. The summed E-state index contributed by atoms with van der Waals surface area (Å²) < 4.78 is 51.2. The molecule has 148 valence electrons. The number of aromatic nitrogens is 2. The van der Waals surface area contributed by atoms with E-state index < -0.39 is 15.8 Å². The van der Waals surface area contributed by atoms with Crippen molar-refractivity contribution in [1.29, 1.82) is 0 Å². The minimum atomic E-state index is -3.92. The van der Waals surface area contributed by atoms with Gasteiger partial charge in [0.25, 0.3) is 0 Å². The van der Waals surface area contributed by atoms with Crippen molar-refractivity contribution in [2.24, 2.45) is 0 Å². The molecule has 0 unspecified atom stereocenters. The predicted octanol–water partition coefficient (Wildman–Crippen LogP) is 2.18. The SMILES string of the molecule is CCCCc1noc(CNc2ccc(F)c(S(=O)(=O)N3CCOCC3)c2)n1. The van der Waals surface area contributed by atoms with Gasteiger partial charge in [0.15, 0.2) is 5.82 Å². The van der Waals surface area contributed by atoms with Crippen molar-refractivity contribution in [3.8, 4) is 0 Å². The normalized spacial score (nSPS) is 15.8. The molecule has 3 rings (SSSR count). The fraction of sp³-hybridized carbons (Fsp3) is 0.529. The first-order valence-corrected chi connectivity index (χ1v) is 10.4. The smallest absolute Gasteiger partial charge is 0.246 e. The molecule has 0 atom stereocenters. The van der Waals surface area contributed by atoms with Crippen LogP contribution in [0.3, 0.4) is 0 Å². The number of nitrogens with zero attached hydrogens (tertiary/aromatic N) is 3. The Kier molecular flexibility index (Phi) is 6.40. The lowest BCUT2D eigenvalue weighted by Crippen LogP contribution is -2.40. The topological polar surface area (TPSA) is 97.6 Å². The molecule has 1 aliphatic rings. The first-order chi connectivity index (χ1) is 13.0. The van der Waals surface area contributed by atoms with Gasteiger partial charge in [-0.05, 0) is 24.6 Å². The maximum atomic E-state index is 14.2. The molecule has 1 saturated heterocycles. The second-order valence-electron chi connectivity index (χ2n) is 6.22. The molecule has 2 aromatic rings. The van der Waals surface area contributed by atoms with Gasteiger partial charge in [-0.3, -0.25) is 0 Å². The lowest BCUT2D eigenvalue weighted by molar-refractivity contribution is 0.0729. The fourth-order valence-electron chi connectivity index (χ4n) is 2.71. The van der Waals surface area contributed by atoms with E-state index in [0.29, 0.717) is 30.6 Å². The summed E-state index contributed by atoms with van der Waals surface area (Å²) >= 11 is 0. The molecule has 1 N–H and O–H groups in total. The Hall–Kier alpha value is -2.04. The van der Waals surface area contributed by atoms with E-state index in [-0.39, 0.29) is 24.5 Å². The summed E-state index contributed by atoms with van der Waals surface area (Å²) in [6.07, 6.45) is 2.77. The maximum Gasteiger partial charge on any atom is 0.246 e. The van der Waals surface area contributed by atoms with Crippen molar-refractivity contribution in [3.05, 3.63) is 35.7 Å². The summed E-state index contributed by atoms with van der Waals surface area (Å²) in [7, 11) is -3.92. The van der Waals surface area contributed by atoms with E-state index in [9.17, 15) is 12.8 Å². The summed E-state index contributed by atoms with van der Waals surface area (Å²) in [4.78, 5) is 3.91. The number of benzene rings is 1. The number of morpholine rings is 1. The van der Waals surface area contributed by atoms with E-state index in [1.54, 1.807) is 0 Å². The maximum absolute atomic E-state index is 14.2. The number of aryl methyl sites for hydroxylation is 1. The zero-order valence-corrected chi connectivity index (χ0v) is 16.0. The highest BCUT2D eigenvalue weighted by Gasteiger charge is 2.29. The van der Waals surface area contributed by atoms with E-state index in [1.165, 1.54) is 16.4 Å². The number of hydrogen-bond donors (Lipinski definition) is 1. The summed E-state index contributed by atoms with van der Waals surface area (Å²) in [5.74, 6) is 0.248. The van der Waals surface area contributed by atoms with Crippen LogP contribution in [-0.4, -0.2) is 49.2 Å². The number of halogens is 1. The summed E-state index contributed by atoms with van der Waals surface area (Å²) in [5, 5.41) is 6.90. The number of sulfonamides is 1. The van der Waals surface area contributed by atoms with E-state index >= 15 is 0 Å². The Morgan fingerprint density at radius 3 is 2.81 bits per heavy atom. The van der Waals surface area contributed by atoms with Crippen LogP contribution in [0.2, 0.25) is 0 Å². The van der Waals surface area contributed by atoms with Crippen LogP contribution in [0.25, 0.3) is 0 Å². The number of hydrogen-bond acceptors (Lipinski definition) is 7. The third kappa shape index (κ3) is 4.82. The van der Waals surface area contributed by atoms with E-state index in [2.05, 4.69) is 22.4 Å². The van der Waals surface area contributed by atoms with Crippen LogP contribution in [-0.2, 0) is 27.7 Å². The van der Waals surface area contributed by atoms with Gasteiger partial charge >= 0.3 is 0 Å². The van der Waals surface area contributed by atoms with Crippen LogP contribution >= 0.6 is 0 Å². The minimum absolute atomic E-state index is 0.210. The second kappa shape index (κ2) is 8.77. The molecule has 0 aliphatic carbocycles. The van der Waals surface area contributed by atoms with Gasteiger partial charge in [-0.2, -0.15) is 9.29 Å². The van der Waals surface area contributed by atoms with Gasteiger partial charge in [-0.1, -0.05) is 18.5 Å². The molecule has 27 heavy (non-hydrogen) atoms. The lowest BCUT2D eigenvalue weighted by atomic mass is 10.2. The van der Waals surface area contributed by atoms with Crippen molar-refractivity contribution >= 4 is 15.7 Å². The number of ether oxygens (including phenoxy) is 1. The van der Waals surface area contributed by atoms with Gasteiger partial charge < -0.3 is 14.6 Å². The van der Waals surface area contributed by atoms with Crippen molar-refractivity contribution < 1.29 is 22.1 Å². The third-order valence-electron chi connectivity index (χ3n) is 4.23. The number of rotatable bonds is 8. The molecule has 0 radical (unpaired) electrons. The van der Waals surface area contributed by atoms with Crippen LogP contribution in [0.5, 0.6) is 0 Å². The first kappa shape index (κ1) is 19.7. The van der Waals surface area contributed by atoms with Gasteiger partial charge in [0, 0.05) is 25.2 Å². The third-order valence-corrected chi connectivity index (χ3v) is 6.14. The van der Waals surface area contributed by atoms with Gasteiger partial charge in [0.1, 0.15) is 10.7 Å². The average molecular weight is 398 g/mol. The Labute approximate surface area is 157 Å². The molecule has 1 aromatic carbocycles. The highest BCUT2D eigenvalue weighted by atomic mass is 32.2. The van der Waals surface area contributed by atoms with Gasteiger partial charge in [-0.25, -0.2) is 12.8 Å². The van der Waals surface area contributed by atoms with Crippen LogP contribution < -0.4 is 5.32 Å². The molecule has 8 nitrogen and oxygen atoms in total. The monoisotopic (exact) mass is 398 g/mol. The Morgan fingerprint density at radius 1 is 1.30 bits per heavy atom. The molecule has 0 bridgehead atoms. The molecule has 0 saturated carbocycles. The van der Waals surface area contributed by atoms with Crippen LogP contribution in [0.15, 0.2) is 27.6 Å². The molecule has 1 aliphatic heterocycles. The molecular formula is C17H23FN4O4S. The summed E-state index contributed by atoms with van der Waals surface area (Å²) in [6, 6.07) is 3.90. The summed E-state index contributed by atoms with van der Waals surface area (Å²) in [6.45, 7) is 3.33. The standard InChI is InChI=1S/C17H23FN4O4S/c1-2-3-4-16-20-17(26-21-16)12-19-13-5-6-14(18)15(11-13)27(23,24)22-7-9-25-10-8-22/h5-6,11,19H,2-4,7-10,12H2,1H3. The van der Waals surface area contributed by atoms with Crippen LogP contribution in [0.4, 0.5) is 10.1 Å². The van der Waals surface area contributed by atoms with Crippen molar-refractivity contribution in [1.82, 2.24) is 14.4 Å². The van der Waals surface area contributed by atoms with E-state index in [1.807, 2.05) is 0 Å². The summed E-state index contributed by atoms with van der Waals surface area (Å²) in [5.41, 5.74) is 0.455. The van der Waals surface area contributed by atoms with Crippen LogP contribution in [0.1, 0.15) is 31.5 Å². The Morgan fingerprint density at radius 2 is 2.07 bits per heavy atom. The van der Waals surface area contributed by atoms with E-state index in [4.69, 9.17) is 9.26 Å². The van der Waals surface area contributed by atoms with Crippen LogP contribution in [0, 0.1) is 5.82 Å². The fourth-order valence-corrected chi connectivity index (χ4v) is 4.21. The molecule has 1 aromatic heterocycles. The van der Waals surface area contributed by atoms with Crippen molar-refractivity contribution in [2.75, 3.05) is 31.6 Å². The average Bonchev–Trinajstić information content (AvgIpc) is 3.14. The number of unbranched alkanes of at least 4 members (excludes halogenated alkanes) is 1. The first-order valence-electron chi connectivity index (χ1n) is 8.93. The highest BCUT2D eigenvalue weighted by molar-refractivity contribution is 7.89. The van der Waals surface area contributed by atoms with Gasteiger partial charge in [-0.15, -0.1) is 0 Å². The quantitative estimate of drug-likeness (QED) is 0.728. The van der Waals surface area contributed by atoms with Gasteiger partial charge in [0.05, 0.1) is 19.8 Å². The highest BCUT2D eigenvalue weighted by Crippen LogP contribution is 2.24. The second-order valence-corrected chi connectivity index (χ2v) is 8.13. The number of nitrogens with one attached hydrogen (secondary N) is 1. The molecule has 0 amide bonds. The molecule has 0 spiro atoms.